The van der Waals surface area contributed by atoms with Crippen LogP contribution in [0.25, 0.3) is 0 Å². The number of halogens is 2. The number of aryl methyl sites for hydroxylation is 2. The van der Waals surface area contributed by atoms with Gasteiger partial charge in [0.2, 0.25) is 5.24 Å². The first-order valence-corrected chi connectivity index (χ1v) is 6.86. The lowest BCUT2D eigenvalue weighted by molar-refractivity contribution is -0.111. The molecular weight excluding hydrogens is 275 g/mol. The molecule has 0 spiro atoms. The van der Waals surface area contributed by atoms with Gasteiger partial charge < -0.3 is 0 Å². The predicted molar refractivity (Wildman–Crippen MR) is 79.6 cm³/mol. The molecule has 0 aliphatic rings. The molecule has 2 rings (SSSR count). The van der Waals surface area contributed by atoms with Crippen molar-refractivity contribution in [3.05, 3.63) is 70.5 Å². The highest BCUT2D eigenvalue weighted by Crippen LogP contribution is 2.30. The molecule has 20 heavy (non-hydrogen) atoms. The van der Waals surface area contributed by atoms with Gasteiger partial charge in [-0.15, -0.1) is 0 Å². The van der Waals surface area contributed by atoms with Crippen LogP contribution in [0, 0.1) is 19.7 Å². The maximum absolute atomic E-state index is 13.4. The van der Waals surface area contributed by atoms with Crippen LogP contribution in [0.4, 0.5) is 4.39 Å². The van der Waals surface area contributed by atoms with Crippen LogP contribution in [0.1, 0.15) is 34.6 Å². The number of carbonyl (C=O) groups is 1. The van der Waals surface area contributed by atoms with Crippen LogP contribution >= 0.6 is 11.6 Å². The Morgan fingerprint density at radius 2 is 1.70 bits per heavy atom. The van der Waals surface area contributed by atoms with Gasteiger partial charge in [0.25, 0.3) is 0 Å². The van der Waals surface area contributed by atoms with Gasteiger partial charge in [0.15, 0.2) is 0 Å². The van der Waals surface area contributed by atoms with Crippen LogP contribution in [0.2, 0.25) is 0 Å². The zero-order chi connectivity index (χ0) is 14.7. The third kappa shape index (κ3) is 3.45. The quantitative estimate of drug-likeness (QED) is 0.744. The summed E-state index contributed by atoms with van der Waals surface area (Å²) in [5.74, 6) is -0.381. The summed E-state index contributed by atoms with van der Waals surface area (Å²) in [4.78, 5) is 11.3. The van der Waals surface area contributed by atoms with E-state index in [1.54, 1.807) is 19.1 Å². The van der Waals surface area contributed by atoms with E-state index in [-0.39, 0.29) is 18.2 Å². The van der Waals surface area contributed by atoms with Crippen molar-refractivity contribution in [3.63, 3.8) is 0 Å². The molecule has 0 aromatic heterocycles. The lowest BCUT2D eigenvalue weighted by atomic mass is 9.88. The maximum atomic E-state index is 13.4. The van der Waals surface area contributed by atoms with E-state index in [9.17, 15) is 9.18 Å². The normalized spacial score (nSPS) is 12.2. The Labute approximate surface area is 123 Å². The molecule has 0 aliphatic carbocycles. The molecule has 1 unspecified atom stereocenters. The molecule has 0 bridgehead atoms. The molecule has 0 aliphatic heterocycles. The Morgan fingerprint density at radius 3 is 2.25 bits per heavy atom. The topological polar surface area (TPSA) is 17.1 Å². The summed E-state index contributed by atoms with van der Waals surface area (Å²) in [5, 5.41) is -0.391. The van der Waals surface area contributed by atoms with Crippen LogP contribution in [-0.2, 0) is 4.79 Å². The second-order valence-electron chi connectivity index (χ2n) is 5.03. The minimum Gasteiger partial charge on any atom is -0.281 e. The molecule has 0 fully saturated rings. The first-order valence-electron chi connectivity index (χ1n) is 6.48. The van der Waals surface area contributed by atoms with E-state index < -0.39 is 5.24 Å². The largest absolute Gasteiger partial charge is 0.281 e. The number of hydrogen-bond donors (Lipinski definition) is 0. The van der Waals surface area contributed by atoms with Gasteiger partial charge in [-0.05, 0) is 48.2 Å². The molecule has 3 heteroatoms. The Bertz CT molecular complexity index is 619. The highest BCUT2D eigenvalue weighted by atomic mass is 35.5. The van der Waals surface area contributed by atoms with Crippen molar-refractivity contribution in [1.82, 2.24) is 0 Å². The molecule has 2 aromatic carbocycles. The molecule has 0 saturated carbocycles. The summed E-state index contributed by atoms with van der Waals surface area (Å²) in [6.45, 7) is 3.72. The van der Waals surface area contributed by atoms with Gasteiger partial charge in [0.05, 0.1) is 0 Å². The Morgan fingerprint density at radius 1 is 1.10 bits per heavy atom. The molecule has 0 saturated heterocycles. The average Bonchev–Trinajstić information content (AvgIpc) is 2.40. The second kappa shape index (κ2) is 6.19. The first-order chi connectivity index (χ1) is 9.47. The Hall–Kier alpha value is -1.67. The summed E-state index contributed by atoms with van der Waals surface area (Å²) < 4.78 is 13.4. The molecule has 0 radical (unpaired) electrons. The molecule has 0 amide bonds. The van der Waals surface area contributed by atoms with Gasteiger partial charge in [0, 0.05) is 12.3 Å². The molecule has 0 heterocycles. The van der Waals surface area contributed by atoms with Crippen molar-refractivity contribution in [1.29, 1.82) is 0 Å². The molecule has 104 valence electrons. The van der Waals surface area contributed by atoms with E-state index in [0.717, 1.165) is 16.7 Å². The summed E-state index contributed by atoms with van der Waals surface area (Å²) in [6.07, 6.45) is 0.204. The lowest BCUT2D eigenvalue weighted by Gasteiger charge is -2.17. The Balaban J connectivity index is 2.43. The molecule has 0 N–H and O–H groups in total. The van der Waals surface area contributed by atoms with E-state index >= 15 is 0 Å². The smallest absolute Gasteiger partial charge is 0.222 e. The van der Waals surface area contributed by atoms with E-state index in [1.807, 2.05) is 31.2 Å². The lowest BCUT2D eigenvalue weighted by Crippen LogP contribution is -2.06. The van der Waals surface area contributed by atoms with E-state index in [0.29, 0.717) is 5.56 Å². The fraction of sp³-hybridized carbons (Fsp3) is 0.235. The van der Waals surface area contributed by atoms with Crippen molar-refractivity contribution in [2.24, 2.45) is 0 Å². The molecule has 2 aromatic rings. The Kier molecular flexibility index (Phi) is 4.56. The van der Waals surface area contributed by atoms with Gasteiger partial charge in [0.1, 0.15) is 5.82 Å². The van der Waals surface area contributed by atoms with Crippen molar-refractivity contribution < 1.29 is 9.18 Å². The minimum absolute atomic E-state index is 0.139. The monoisotopic (exact) mass is 290 g/mol. The van der Waals surface area contributed by atoms with Crippen molar-refractivity contribution >= 4 is 16.8 Å². The van der Waals surface area contributed by atoms with Gasteiger partial charge >= 0.3 is 0 Å². The van der Waals surface area contributed by atoms with Crippen LogP contribution in [-0.4, -0.2) is 5.24 Å². The summed E-state index contributed by atoms with van der Waals surface area (Å²) in [5.41, 5.74) is 3.64. The van der Waals surface area contributed by atoms with Gasteiger partial charge in [-0.1, -0.05) is 42.0 Å². The fourth-order valence-electron chi connectivity index (χ4n) is 2.27. The minimum atomic E-state index is -0.391. The van der Waals surface area contributed by atoms with E-state index in [1.165, 1.54) is 6.07 Å². The predicted octanol–water partition coefficient (Wildman–Crippen LogP) is 4.73. The number of carbonyl (C=O) groups excluding carboxylic acids is 1. The van der Waals surface area contributed by atoms with Crippen LogP contribution in [0.15, 0.2) is 42.5 Å². The van der Waals surface area contributed by atoms with Crippen molar-refractivity contribution in [2.45, 2.75) is 26.2 Å². The van der Waals surface area contributed by atoms with Crippen molar-refractivity contribution in [3.8, 4) is 0 Å². The molecular formula is C17H16ClFO. The molecule has 1 atom stereocenters. The zero-order valence-corrected chi connectivity index (χ0v) is 12.2. The second-order valence-corrected chi connectivity index (χ2v) is 5.45. The maximum Gasteiger partial charge on any atom is 0.222 e. The number of benzene rings is 2. The highest BCUT2D eigenvalue weighted by Gasteiger charge is 2.18. The third-order valence-electron chi connectivity index (χ3n) is 3.43. The number of rotatable bonds is 4. The first kappa shape index (κ1) is 14.7. The standard InChI is InChI=1S/C17H16ClFO/c1-11-3-5-13(6-4-11)15(10-17(18)20)14-7-8-16(19)12(2)9-14/h3-9,15H,10H2,1-2H3. The van der Waals surface area contributed by atoms with Gasteiger partial charge in [-0.25, -0.2) is 4.39 Å². The summed E-state index contributed by atoms with van der Waals surface area (Å²) >= 11 is 5.56. The zero-order valence-electron chi connectivity index (χ0n) is 11.5. The third-order valence-corrected chi connectivity index (χ3v) is 3.58. The van der Waals surface area contributed by atoms with Gasteiger partial charge in [-0.3, -0.25) is 4.79 Å². The van der Waals surface area contributed by atoms with Crippen molar-refractivity contribution in [2.75, 3.05) is 0 Å². The fourth-order valence-corrected chi connectivity index (χ4v) is 2.43. The summed E-state index contributed by atoms with van der Waals surface area (Å²) in [6, 6.07) is 12.9. The summed E-state index contributed by atoms with van der Waals surface area (Å²) in [7, 11) is 0. The van der Waals surface area contributed by atoms with Gasteiger partial charge in [-0.2, -0.15) is 0 Å². The van der Waals surface area contributed by atoms with Crippen LogP contribution in [0.5, 0.6) is 0 Å². The van der Waals surface area contributed by atoms with E-state index in [4.69, 9.17) is 11.6 Å². The van der Waals surface area contributed by atoms with Crippen LogP contribution < -0.4 is 0 Å². The van der Waals surface area contributed by atoms with Crippen LogP contribution in [0.3, 0.4) is 0 Å². The average molecular weight is 291 g/mol. The number of hydrogen-bond acceptors (Lipinski definition) is 1. The SMILES string of the molecule is Cc1ccc(C(CC(=O)Cl)c2ccc(F)c(C)c2)cc1. The van der Waals surface area contributed by atoms with E-state index in [2.05, 4.69) is 0 Å². The highest BCUT2D eigenvalue weighted by molar-refractivity contribution is 6.63. The molecule has 1 nitrogen and oxygen atoms in total.